The van der Waals surface area contributed by atoms with Gasteiger partial charge < -0.3 is 15.0 Å². The first-order valence-electron chi connectivity index (χ1n) is 8.54. The zero-order valence-electron chi connectivity index (χ0n) is 14.8. The molecule has 27 heavy (non-hydrogen) atoms. The maximum atomic E-state index is 13.0. The summed E-state index contributed by atoms with van der Waals surface area (Å²) in [6.07, 6.45) is 0. The maximum absolute atomic E-state index is 13.0. The molecular weight excluding hydrogens is 348 g/mol. The number of esters is 1. The fourth-order valence-corrected chi connectivity index (χ4v) is 3.20. The van der Waals surface area contributed by atoms with Crippen LogP contribution in [-0.4, -0.2) is 42.0 Å². The summed E-state index contributed by atoms with van der Waals surface area (Å²) in [5, 5.41) is 16.2. The molecule has 2 unspecified atom stereocenters. The number of benzene rings is 2. The van der Waals surface area contributed by atoms with Crippen molar-refractivity contribution < 1.29 is 14.6 Å². The standard InChI is InChI=1S/C19H20N4O4/c1-22-13-15(12-20-19(22)21-23(25)26)17(14-8-4-2-5-9-14)18(24)27-16-10-6-3-7-11-16/h2-11,15,17H,12-13H2,1H3,(H,20,21). The van der Waals surface area contributed by atoms with E-state index in [0.717, 1.165) is 5.56 Å². The topological polar surface area (TPSA) is 97.1 Å². The van der Waals surface area contributed by atoms with Gasteiger partial charge >= 0.3 is 5.97 Å². The Morgan fingerprint density at radius 2 is 1.85 bits per heavy atom. The summed E-state index contributed by atoms with van der Waals surface area (Å²) in [6, 6.07) is 18.3. The molecule has 0 aliphatic carbocycles. The molecule has 2 atom stereocenters. The highest BCUT2D eigenvalue weighted by Gasteiger charge is 2.36. The Labute approximate surface area is 156 Å². The molecule has 0 bridgehead atoms. The van der Waals surface area contributed by atoms with Gasteiger partial charge in [0.1, 0.15) is 10.9 Å². The molecule has 0 spiro atoms. The smallest absolute Gasteiger partial charge is 0.319 e. The first kappa shape index (κ1) is 18.4. The van der Waals surface area contributed by atoms with E-state index in [4.69, 9.17) is 4.74 Å². The van der Waals surface area contributed by atoms with E-state index in [1.165, 1.54) is 0 Å². The average molecular weight is 368 g/mol. The van der Waals surface area contributed by atoms with Crippen molar-refractivity contribution in [3.63, 3.8) is 0 Å². The highest BCUT2D eigenvalue weighted by Crippen LogP contribution is 2.29. The SMILES string of the molecule is CN1CC(C(C(=O)Oc2ccccc2)c2ccccc2)CNC1=N[N+](=O)[O-]. The molecule has 3 rings (SSSR count). The number of carbonyl (C=O) groups excluding carboxylic acids is 1. The first-order valence-corrected chi connectivity index (χ1v) is 8.54. The number of hydrazone groups is 1. The average Bonchev–Trinajstić information content (AvgIpc) is 2.65. The fraction of sp³-hybridized carbons (Fsp3) is 0.263. The third kappa shape index (κ3) is 4.60. The lowest BCUT2D eigenvalue weighted by Crippen LogP contribution is -2.53. The van der Waals surface area contributed by atoms with Crippen molar-refractivity contribution in [2.75, 3.05) is 20.1 Å². The molecule has 2 aromatic rings. The number of carbonyl (C=O) groups is 1. The van der Waals surface area contributed by atoms with Gasteiger partial charge in [0.25, 0.3) is 5.96 Å². The molecule has 0 aromatic heterocycles. The zero-order valence-corrected chi connectivity index (χ0v) is 14.8. The van der Waals surface area contributed by atoms with Crippen molar-refractivity contribution in [2.45, 2.75) is 5.92 Å². The van der Waals surface area contributed by atoms with Crippen LogP contribution < -0.4 is 10.1 Å². The third-order valence-electron chi connectivity index (χ3n) is 4.41. The van der Waals surface area contributed by atoms with Crippen LogP contribution in [0.1, 0.15) is 11.5 Å². The molecular formula is C19H20N4O4. The highest BCUT2D eigenvalue weighted by molar-refractivity contribution is 5.83. The van der Waals surface area contributed by atoms with Crippen molar-refractivity contribution in [1.29, 1.82) is 0 Å². The molecule has 8 heteroatoms. The Kier molecular flexibility index (Phi) is 5.65. The molecule has 1 N–H and O–H groups in total. The molecule has 2 aromatic carbocycles. The van der Waals surface area contributed by atoms with Crippen LogP contribution in [0.25, 0.3) is 0 Å². The Hall–Kier alpha value is -3.42. The number of guanidine groups is 1. The van der Waals surface area contributed by atoms with Crippen LogP contribution in [0.4, 0.5) is 0 Å². The lowest BCUT2D eigenvalue weighted by molar-refractivity contribution is -0.486. The summed E-state index contributed by atoms with van der Waals surface area (Å²) in [6.45, 7) is 0.809. The minimum Gasteiger partial charge on any atom is -0.426 e. The van der Waals surface area contributed by atoms with E-state index in [1.807, 2.05) is 36.4 Å². The van der Waals surface area contributed by atoms with Crippen LogP contribution in [-0.2, 0) is 4.79 Å². The Morgan fingerprint density at radius 1 is 1.22 bits per heavy atom. The Bertz CT molecular complexity index is 826. The van der Waals surface area contributed by atoms with E-state index in [-0.39, 0.29) is 17.8 Å². The second kappa shape index (κ2) is 8.31. The summed E-state index contributed by atoms with van der Waals surface area (Å²) >= 11 is 0. The minimum atomic E-state index is -0.739. The summed E-state index contributed by atoms with van der Waals surface area (Å²) < 4.78 is 5.59. The van der Waals surface area contributed by atoms with E-state index in [2.05, 4.69) is 10.4 Å². The number of ether oxygens (including phenoxy) is 1. The quantitative estimate of drug-likeness (QED) is 0.376. The lowest BCUT2D eigenvalue weighted by atomic mass is 9.84. The Morgan fingerprint density at radius 3 is 2.44 bits per heavy atom. The number of nitrogens with zero attached hydrogens (tertiary/aromatic N) is 3. The summed E-state index contributed by atoms with van der Waals surface area (Å²) in [5.41, 5.74) is 0.841. The van der Waals surface area contributed by atoms with Crippen molar-refractivity contribution in [3.8, 4) is 5.75 Å². The number of nitrogens with one attached hydrogen (secondary N) is 1. The molecule has 0 saturated carbocycles. The van der Waals surface area contributed by atoms with Gasteiger partial charge in [-0.2, -0.15) is 0 Å². The van der Waals surface area contributed by atoms with Crippen LogP contribution in [0.2, 0.25) is 0 Å². The zero-order chi connectivity index (χ0) is 19.2. The van der Waals surface area contributed by atoms with Gasteiger partial charge in [-0.3, -0.25) is 4.79 Å². The molecule has 1 aliphatic rings. The number of nitro groups is 1. The van der Waals surface area contributed by atoms with Crippen LogP contribution in [0.15, 0.2) is 65.8 Å². The fourth-order valence-electron chi connectivity index (χ4n) is 3.20. The molecule has 1 heterocycles. The van der Waals surface area contributed by atoms with Gasteiger partial charge in [-0.1, -0.05) is 48.5 Å². The predicted octanol–water partition coefficient (Wildman–Crippen LogP) is 2.07. The highest BCUT2D eigenvalue weighted by atomic mass is 16.7. The molecule has 1 saturated heterocycles. The second-order valence-corrected chi connectivity index (χ2v) is 6.31. The van der Waals surface area contributed by atoms with Gasteiger partial charge in [0, 0.05) is 26.1 Å². The van der Waals surface area contributed by atoms with Crippen molar-refractivity contribution in [1.82, 2.24) is 10.2 Å². The summed E-state index contributed by atoms with van der Waals surface area (Å²) in [5.74, 6) is -0.351. The van der Waals surface area contributed by atoms with E-state index in [0.29, 0.717) is 18.8 Å². The Balaban J connectivity index is 1.83. The van der Waals surface area contributed by atoms with E-state index >= 15 is 0 Å². The van der Waals surface area contributed by atoms with Crippen LogP contribution in [0.3, 0.4) is 0 Å². The van der Waals surface area contributed by atoms with Gasteiger partial charge in [0.2, 0.25) is 0 Å². The summed E-state index contributed by atoms with van der Waals surface area (Å²) in [7, 11) is 1.70. The van der Waals surface area contributed by atoms with Crippen LogP contribution in [0, 0.1) is 16.0 Å². The van der Waals surface area contributed by atoms with Gasteiger partial charge in [0.05, 0.1) is 5.92 Å². The maximum Gasteiger partial charge on any atom is 0.319 e. The van der Waals surface area contributed by atoms with E-state index in [9.17, 15) is 14.9 Å². The first-order chi connectivity index (χ1) is 13.0. The second-order valence-electron chi connectivity index (χ2n) is 6.31. The third-order valence-corrected chi connectivity index (χ3v) is 4.41. The number of hydrogen-bond donors (Lipinski definition) is 1. The van der Waals surface area contributed by atoms with E-state index < -0.39 is 11.0 Å². The monoisotopic (exact) mass is 368 g/mol. The van der Waals surface area contributed by atoms with Gasteiger partial charge in [-0.15, -0.1) is 0 Å². The van der Waals surface area contributed by atoms with Gasteiger partial charge in [-0.25, -0.2) is 10.1 Å². The largest absolute Gasteiger partial charge is 0.426 e. The van der Waals surface area contributed by atoms with Gasteiger partial charge in [-0.05, 0) is 17.7 Å². The van der Waals surface area contributed by atoms with Crippen molar-refractivity contribution in [3.05, 3.63) is 76.3 Å². The summed E-state index contributed by atoms with van der Waals surface area (Å²) in [4.78, 5) is 25.3. The molecule has 8 nitrogen and oxygen atoms in total. The molecule has 0 radical (unpaired) electrons. The van der Waals surface area contributed by atoms with Crippen molar-refractivity contribution in [2.24, 2.45) is 11.0 Å². The van der Waals surface area contributed by atoms with Gasteiger partial charge in [0.15, 0.2) is 5.03 Å². The van der Waals surface area contributed by atoms with E-state index in [1.54, 1.807) is 36.2 Å². The molecule has 0 amide bonds. The molecule has 140 valence electrons. The normalized spacial score (nSPS) is 19.2. The lowest BCUT2D eigenvalue weighted by Gasteiger charge is -2.35. The number of para-hydroxylation sites is 1. The van der Waals surface area contributed by atoms with Crippen LogP contribution >= 0.6 is 0 Å². The minimum absolute atomic E-state index is 0.140. The number of hydrogen-bond acceptors (Lipinski definition) is 4. The molecule has 1 aliphatic heterocycles. The number of rotatable bonds is 5. The predicted molar refractivity (Wildman–Crippen MR) is 99.8 cm³/mol. The van der Waals surface area contributed by atoms with Crippen molar-refractivity contribution >= 4 is 11.9 Å². The molecule has 1 fully saturated rings. The van der Waals surface area contributed by atoms with Crippen LogP contribution in [0.5, 0.6) is 5.75 Å².